The molecule has 0 bridgehead atoms. The molecule has 1 aliphatic carbocycles. The van der Waals surface area contributed by atoms with E-state index in [9.17, 15) is 14.7 Å². The third-order valence-electron chi connectivity index (χ3n) is 4.01. The lowest BCUT2D eigenvalue weighted by molar-refractivity contribution is -0.143. The third kappa shape index (κ3) is 3.49. The number of carbonyl (C=O) groups is 2. The molecule has 2 amide bonds. The molecule has 0 radical (unpaired) electrons. The van der Waals surface area contributed by atoms with Crippen LogP contribution in [-0.4, -0.2) is 41.1 Å². The van der Waals surface area contributed by atoms with Crippen molar-refractivity contribution in [1.29, 1.82) is 0 Å². The second kappa shape index (κ2) is 6.08. The van der Waals surface area contributed by atoms with Gasteiger partial charge in [-0.25, -0.2) is 4.79 Å². The number of rotatable bonds is 2. The van der Waals surface area contributed by atoms with Gasteiger partial charge in [0.25, 0.3) is 0 Å². The Morgan fingerprint density at radius 1 is 1.37 bits per heavy atom. The minimum absolute atomic E-state index is 0.120. The lowest BCUT2D eigenvalue weighted by Gasteiger charge is -2.33. The summed E-state index contributed by atoms with van der Waals surface area (Å²) in [6, 6.07) is -0.337. The number of carbonyl (C=O) groups excluding carboxylic acids is 1. The Balaban J connectivity index is 1.93. The van der Waals surface area contributed by atoms with Crippen LogP contribution >= 0.6 is 0 Å². The van der Waals surface area contributed by atoms with E-state index in [1.807, 2.05) is 6.92 Å². The van der Waals surface area contributed by atoms with Crippen LogP contribution in [0.3, 0.4) is 0 Å². The third-order valence-corrected chi connectivity index (χ3v) is 4.01. The molecular formula is C14H22N2O3. The van der Waals surface area contributed by atoms with Gasteiger partial charge in [0, 0.05) is 19.1 Å². The van der Waals surface area contributed by atoms with Gasteiger partial charge in [0.05, 0.1) is 5.92 Å². The second-order valence-corrected chi connectivity index (χ2v) is 5.55. The molecule has 5 heteroatoms. The number of amides is 2. The van der Waals surface area contributed by atoms with Crippen LogP contribution in [0.4, 0.5) is 4.79 Å². The average Bonchev–Trinajstić information content (AvgIpc) is 2.39. The maximum absolute atomic E-state index is 12.2. The summed E-state index contributed by atoms with van der Waals surface area (Å²) in [5, 5.41) is 12.1. The van der Waals surface area contributed by atoms with E-state index >= 15 is 0 Å². The fourth-order valence-corrected chi connectivity index (χ4v) is 2.93. The lowest BCUT2D eigenvalue weighted by Crippen LogP contribution is -2.51. The molecule has 1 saturated carbocycles. The molecular weight excluding hydrogens is 244 g/mol. The summed E-state index contributed by atoms with van der Waals surface area (Å²) in [4.78, 5) is 25.1. The molecule has 2 rings (SSSR count). The highest BCUT2D eigenvalue weighted by Gasteiger charge is 2.32. The number of hydrogen-bond acceptors (Lipinski definition) is 2. The minimum atomic E-state index is -0.792. The molecule has 19 heavy (non-hydrogen) atoms. The van der Waals surface area contributed by atoms with E-state index in [-0.39, 0.29) is 12.1 Å². The zero-order chi connectivity index (χ0) is 13.8. The first kappa shape index (κ1) is 13.9. The van der Waals surface area contributed by atoms with E-state index in [0.717, 1.165) is 25.7 Å². The van der Waals surface area contributed by atoms with Gasteiger partial charge in [-0.15, -0.1) is 0 Å². The van der Waals surface area contributed by atoms with Gasteiger partial charge in [-0.2, -0.15) is 0 Å². The number of nitrogens with zero attached hydrogens (tertiary/aromatic N) is 1. The van der Waals surface area contributed by atoms with Gasteiger partial charge in [0.1, 0.15) is 0 Å². The zero-order valence-corrected chi connectivity index (χ0v) is 11.4. The fourth-order valence-electron chi connectivity index (χ4n) is 2.93. The van der Waals surface area contributed by atoms with Gasteiger partial charge in [-0.1, -0.05) is 24.5 Å². The van der Waals surface area contributed by atoms with E-state index in [1.165, 1.54) is 5.57 Å². The van der Waals surface area contributed by atoms with Crippen molar-refractivity contribution in [2.75, 3.05) is 13.1 Å². The second-order valence-electron chi connectivity index (χ2n) is 5.55. The van der Waals surface area contributed by atoms with Crippen molar-refractivity contribution in [1.82, 2.24) is 10.2 Å². The molecule has 1 heterocycles. The maximum Gasteiger partial charge on any atom is 0.317 e. The monoisotopic (exact) mass is 266 g/mol. The Kier molecular flexibility index (Phi) is 4.45. The Morgan fingerprint density at radius 2 is 2.11 bits per heavy atom. The summed E-state index contributed by atoms with van der Waals surface area (Å²) in [6.45, 7) is 3.38. The number of carboxylic acid groups (broad SMARTS) is 1. The van der Waals surface area contributed by atoms with E-state index in [4.69, 9.17) is 0 Å². The molecule has 0 saturated heterocycles. The van der Waals surface area contributed by atoms with Crippen molar-refractivity contribution in [3.05, 3.63) is 11.6 Å². The standard InChI is InChI=1S/C14H22N2O3/c1-10-5-4-8-16(9-10)14(19)15-12-7-3-2-6-11(12)13(17)18/h5,11-12H,2-4,6-9H2,1H3,(H,15,19)(H,17,18). The molecule has 1 aliphatic heterocycles. The minimum Gasteiger partial charge on any atom is -0.481 e. The van der Waals surface area contributed by atoms with Crippen molar-refractivity contribution >= 4 is 12.0 Å². The molecule has 2 N–H and O–H groups in total. The van der Waals surface area contributed by atoms with Gasteiger partial charge in [-0.3, -0.25) is 4.79 Å². The van der Waals surface area contributed by atoms with Crippen molar-refractivity contribution in [3.63, 3.8) is 0 Å². The molecule has 5 nitrogen and oxygen atoms in total. The first-order valence-corrected chi connectivity index (χ1v) is 7.02. The summed E-state index contributed by atoms with van der Waals surface area (Å²) < 4.78 is 0. The van der Waals surface area contributed by atoms with Crippen LogP contribution in [0.15, 0.2) is 11.6 Å². The van der Waals surface area contributed by atoms with Crippen molar-refractivity contribution in [2.24, 2.45) is 5.92 Å². The van der Waals surface area contributed by atoms with Gasteiger partial charge in [0.2, 0.25) is 0 Å². The summed E-state index contributed by atoms with van der Waals surface area (Å²) in [7, 11) is 0. The van der Waals surface area contributed by atoms with Crippen LogP contribution in [0.2, 0.25) is 0 Å². The topological polar surface area (TPSA) is 69.6 Å². The van der Waals surface area contributed by atoms with Crippen LogP contribution in [0, 0.1) is 5.92 Å². The molecule has 0 aromatic rings. The zero-order valence-electron chi connectivity index (χ0n) is 11.4. The highest BCUT2D eigenvalue weighted by atomic mass is 16.4. The van der Waals surface area contributed by atoms with Crippen LogP contribution in [-0.2, 0) is 4.79 Å². The molecule has 0 aromatic carbocycles. The van der Waals surface area contributed by atoms with Crippen LogP contribution < -0.4 is 5.32 Å². The molecule has 0 spiro atoms. The van der Waals surface area contributed by atoms with Crippen molar-refractivity contribution in [2.45, 2.75) is 45.1 Å². The highest BCUT2D eigenvalue weighted by Crippen LogP contribution is 2.25. The summed E-state index contributed by atoms with van der Waals surface area (Å²) in [5.74, 6) is -1.22. The maximum atomic E-state index is 12.2. The number of carboxylic acids is 1. The van der Waals surface area contributed by atoms with Gasteiger partial charge < -0.3 is 15.3 Å². The fraction of sp³-hybridized carbons (Fsp3) is 0.714. The predicted octanol–water partition coefficient (Wildman–Crippen LogP) is 1.99. The Hall–Kier alpha value is -1.52. The van der Waals surface area contributed by atoms with E-state index < -0.39 is 11.9 Å². The van der Waals surface area contributed by atoms with Crippen LogP contribution in [0.5, 0.6) is 0 Å². The van der Waals surface area contributed by atoms with E-state index in [2.05, 4.69) is 11.4 Å². The number of aliphatic carboxylic acids is 1. The van der Waals surface area contributed by atoms with Gasteiger partial charge >= 0.3 is 12.0 Å². The molecule has 106 valence electrons. The van der Waals surface area contributed by atoms with Crippen molar-refractivity contribution < 1.29 is 14.7 Å². The molecule has 0 aromatic heterocycles. The first-order valence-electron chi connectivity index (χ1n) is 7.02. The number of nitrogens with one attached hydrogen (secondary N) is 1. The smallest absolute Gasteiger partial charge is 0.317 e. The lowest BCUT2D eigenvalue weighted by atomic mass is 9.84. The van der Waals surface area contributed by atoms with Crippen LogP contribution in [0.1, 0.15) is 39.0 Å². The molecule has 2 aliphatic rings. The SMILES string of the molecule is CC1=CCCN(C(=O)NC2CCCCC2C(=O)O)C1. The number of hydrogen-bond donors (Lipinski definition) is 2. The van der Waals surface area contributed by atoms with Crippen LogP contribution in [0.25, 0.3) is 0 Å². The largest absolute Gasteiger partial charge is 0.481 e. The summed E-state index contributed by atoms with van der Waals surface area (Å²) in [6.07, 6.45) is 6.39. The molecule has 1 fully saturated rings. The molecule has 2 unspecified atom stereocenters. The Morgan fingerprint density at radius 3 is 2.79 bits per heavy atom. The van der Waals surface area contributed by atoms with Gasteiger partial charge in [0.15, 0.2) is 0 Å². The Labute approximate surface area is 113 Å². The average molecular weight is 266 g/mol. The molecule has 2 atom stereocenters. The quantitative estimate of drug-likeness (QED) is 0.751. The number of urea groups is 1. The highest BCUT2D eigenvalue weighted by molar-refractivity contribution is 5.77. The van der Waals surface area contributed by atoms with E-state index in [1.54, 1.807) is 4.90 Å². The predicted molar refractivity (Wildman–Crippen MR) is 71.9 cm³/mol. The summed E-state index contributed by atoms with van der Waals surface area (Å²) in [5.41, 5.74) is 1.19. The van der Waals surface area contributed by atoms with Crippen molar-refractivity contribution in [3.8, 4) is 0 Å². The van der Waals surface area contributed by atoms with Gasteiger partial charge in [-0.05, 0) is 26.2 Å². The first-order chi connectivity index (χ1) is 9.08. The normalized spacial score (nSPS) is 27.6. The Bertz CT molecular complexity index is 392. The van der Waals surface area contributed by atoms with E-state index in [0.29, 0.717) is 19.5 Å². The summed E-state index contributed by atoms with van der Waals surface area (Å²) >= 11 is 0.